The Balaban J connectivity index is 1.94. The predicted molar refractivity (Wildman–Crippen MR) is 140 cm³/mol. The molecule has 3 amide bonds. The highest BCUT2D eigenvalue weighted by Gasteiger charge is 2.29. The summed E-state index contributed by atoms with van der Waals surface area (Å²) in [6, 6.07) is 5.25. The second-order valence-corrected chi connectivity index (χ2v) is 10.1. The zero-order valence-corrected chi connectivity index (χ0v) is 23.1. The van der Waals surface area contributed by atoms with Gasteiger partial charge in [0.2, 0.25) is 11.8 Å². The highest BCUT2D eigenvalue weighted by Crippen LogP contribution is 2.21. The van der Waals surface area contributed by atoms with Crippen molar-refractivity contribution in [2.45, 2.75) is 65.6 Å². The van der Waals surface area contributed by atoms with Crippen LogP contribution in [-0.2, 0) is 20.9 Å². The van der Waals surface area contributed by atoms with E-state index in [1.54, 1.807) is 54.7 Å². The second-order valence-electron chi connectivity index (χ2n) is 10.1. The van der Waals surface area contributed by atoms with Crippen LogP contribution in [0.25, 0.3) is 0 Å². The van der Waals surface area contributed by atoms with Crippen molar-refractivity contribution >= 4 is 23.7 Å². The van der Waals surface area contributed by atoms with Gasteiger partial charge in [-0.05, 0) is 56.9 Å². The third-order valence-corrected chi connectivity index (χ3v) is 6.74. The molecule has 0 aliphatic carbocycles. The van der Waals surface area contributed by atoms with E-state index in [9.17, 15) is 19.2 Å². The predicted octanol–water partition coefficient (Wildman–Crippen LogP) is 2.36. The number of fused-ring (bicyclic) bond motifs is 1. The standard InChI is InChI=1S/C27H38N6O5/c1-17(2)16-22-24-28-19(4)30-33(24)15-14-32(13-7-8-23(34)31(5)18(3)25(35)29-22)26(36)20-9-11-21(12-10-20)27(37)38-6/h9-12,17-18,22H,7-8,13-16H2,1-6H3,(H,29,35)/t18-,22+/m0/s1. The van der Waals surface area contributed by atoms with E-state index in [1.807, 2.05) is 0 Å². The van der Waals surface area contributed by atoms with E-state index >= 15 is 0 Å². The van der Waals surface area contributed by atoms with Crippen LogP contribution in [0.5, 0.6) is 0 Å². The molecule has 0 bridgehead atoms. The van der Waals surface area contributed by atoms with Gasteiger partial charge in [-0.2, -0.15) is 5.10 Å². The molecular formula is C27H38N6O5. The van der Waals surface area contributed by atoms with Crippen molar-refractivity contribution < 1.29 is 23.9 Å². The molecule has 2 aromatic rings. The first-order valence-electron chi connectivity index (χ1n) is 13.0. The molecule has 206 valence electrons. The van der Waals surface area contributed by atoms with Crippen molar-refractivity contribution in [3.05, 3.63) is 47.0 Å². The Kier molecular flexibility index (Phi) is 9.60. The molecule has 11 heteroatoms. The van der Waals surface area contributed by atoms with Crippen LogP contribution >= 0.6 is 0 Å². The molecule has 2 heterocycles. The number of hydrogen-bond acceptors (Lipinski definition) is 7. The molecule has 0 unspecified atom stereocenters. The van der Waals surface area contributed by atoms with E-state index in [-0.39, 0.29) is 30.1 Å². The summed E-state index contributed by atoms with van der Waals surface area (Å²) in [6.07, 6.45) is 1.27. The Morgan fingerprint density at radius 1 is 1.11 bits per heavy atom. The number of carbonyl (C=O) groups is 4. The van der Waals surface area contributed by atoms with Crippen molar-refractivity contribution in [3.63, 3.8) is 0 Å². The van der Waals surface area contributed by atoms with Gasteiger partial charge in [0.05, 0.1) is 25.3 Å². The number of nitrogens with zero attached hydrogens (tertiary/aromatic N) is 5. The minimum absolute atomic E-state index is 0.168. The van der Waals surface area contributed by atoms with E-state index in [4.69, 9.17) is 4.74 Å². The minimum Gasteiger partial charge on any atom is -0.465 e. The second kappa shape index (κ2) is 12.7. The van der Waals surface area contributed by atoms with Crippen LogP contribution in [0.4, 0.5) is 0 Å². The molecule has 0 saturated carbocycles. The number of methoxy groups -OCH3 is 1. The summed E-state index contributed by atoms with van der Waals surface area (Å²) in [7, 11) is 2.92. The van der Waals surface area contributed by atoms with Gasteiger partial charge in [0, 0.05) is 32.1 Å². The van der Waals surface area contributed by atoms with Crippen LogP contribution in [0.15, 0.2) is 24.3 Å². The Labute approximate surface area is 223 Å². The Morgan fingerprint density at radius 2 is 1.76 bits per heavy atom. The number of aromatic nitrogens is 3. The van der Waals surface area contributed by atoms with Gasteiger partial charge in [-0.25, -0.2) is 14.5 Å². The number of esters is 1. The Morgan fingerprint density at radius 3 is 2.39 bits per heavy atom. The first-order valence-corrected chi connectivity index (χ1v) is 13.0. The van der Waals surface area contributed by atoms with Crippen molar-refractivity contribution in [1.82, 2.24) is 29.9 Å². The van der Waals surface area contributed by atoms with Gasteiger partial charge in [-0.3, -0.25) is 14.4 Å². The highest BCUT2D eigenvalue weighted by atomic mass is 16.5. The number of benzene rings is 1. The molecule has 1 N–H and O–H groups in total. The zero-order valence-electron chi connectivity index (χ0n) is 23.1. The van der Waals surface area contributed by atoms with Crippen molar-refractivity contribution in [1.29, 1.82) is 0 Å². The van der Waals surface area contributed by atoms with Crippen LogP contribution in [0.2, 0.25) is 0 Å². The Hall–Kier alpha value is -3.76. The molecule has 0 spiro atoms. The quantitative estimate of drug-likeness (QED) is 0.606. The normalized spacial score (nSPS) is 19.6. The van der Waals surface area contributed by atoms with E-state index in [1.165, 1.54) is 12.0 Å². The fourth-order valence-electron chi connectivity index (χ4n) is 4.46. The first-order chi connectivity index (χ1) is 18.0. The van der Waals surface area contributed by atoms with Gasteiger partial charge in [0.25, 0.3) is 5.91 Å². The highest BCUT2D eigenvalue weighted by molar-refractivity contribution is 5.96. The molecule has 0 radical (unpaired) electrons. The molecular weight excluding hydrogens is 488 g/mol. The molecule has 1 aromatic heterocycles. The number of rotatable bonds is 4. The lowest BCUT2D eigenvalue weighted by Crippen LogP contribution is -2.47. The van der Waals surface area contributed by atoms with Gasteiger partial charge >= 0.3 is 5.97 Å². The van der Waals surface area contributed by atoms with E-state index in [0.717, 1.165) is 0 Å². The first kappa shape index (κ1) is 28.8. The van der Waals surface area contributed by atoms with Crippen LogP contribution < -0.4 is 5.32 Å². The molecule has 1 aliphatic rings. The average Bonchev–Trinajstić information content (AvgIpc) is 3.27. The molecule has 2 atom stereocenters. The van der Waals surface area contributed by atoms with Gasteiger partial charge < -0.3 is 19.9 Å². The largest absolute Gasteiger partial charge is 0.465 e. The average molecular weight is 527 g/mol. The van der Waals surface area contributed by atoms with E-state index in [0.29, 0.717) is 55.3 Å². The fraction of sp³-hybridized carbons (Fsp3) is 0.556. The van der Waals surface area contributed by atoms with E-state index in [2.05, 4.69) is 29.2 Å². The van der Waals surface area contributed by atoms with Crippen LogP contribution in [0.3, 0.4) is 0 Å². The van der Waals surface area contributed by atoms with Crippen molar-refractivity contribution in [2.24, 2.45) is 5.92 Å². The number of ether oxygens (including phenoxy) is 1. The maximum atomic E-state index is 13.5. The van der Waals surface area contributed by atoms with Gasteiger partial charge in [0.15, 0.2) is 0 Å². The monoisotopic (exact) mass is 526 g/mol. The summed E-state index contributed by atoms with van der Waals surface area (Å²) in [5.74, 6) is 0.359. The van der Waals surface area contributed by atoms with Crippen LogP contribution in [0, 0.1) is 12.8 Å². The number of likely N-dealkylation sites (N-methyl/N-ethyl adjacent to an activating group) is 1. The smallest absolute Gasteiger partial charge is 0.337 e. The van der Waals surface area contributed by atoms with Crippen LogP contribution in [-0.4, -0.2) is 81.5 Å². The number of hydrogen-bond donors (Lipinski definition) is 1. The summed E-state index contributed by atoms with van der Waals surface area (Å²) >= 11 is 0. The van der Waals surface area contributed by atoms with Gasteiger partial charge in [-0.1, -0.05) is 13.8 Å². The lowest BCUT2D eigenvalue weighted by molar-refractivity contribution is -0.138. The summed E-state index contributed by atoms with van der Waals surface area (Å²) in [6.45, 7) is 8.67. The Bertz CT molecular complexity index is 1160. The molecule has 0 fully saturated rings. The van der Waals surface area contributed by atoms with Crippen LogP contribution in [0.1, 0.15) is 78.4 Å². The molecule has 1 aromatic carbocycles. The topological polar surface area (TPSA) is 127 Å². The SMILES string of the molecule is COC(=O)c1ccc(C(=O)N2CCCC(=O)N(C)[C@@H](C)C(=O)N[C@H](CC(C)C)c3nc(C)nn3CC2)cc1. The van der Waals surface area contributed by atoms with Crippen molar-refractivity contribution in [2.75, 3.05) is 27.2 Å². The summed E-state index contributed by atoms with van der Waals surface area (Å²) in [4.78, 5) is 58.9. The molecule has 11 nitrogen and oxygen atoms in total. The number of nitrogens with one attached hydrogen (secondary N) is 1. The summed E-state index contributed by atoms with van der Waals surface area (Å²) in [5.41, 5.74) is 0.782. The number of aryl methyl sites for hydroxylation is 1. The number of carbonyl (C=O) groups excluding carboxylic acids is 4. The van der Waals surface area contributed by atoms with Gasteiger partial charge in [0.1, 0.15) is 17.7 Å². The summed E-state index contributed by atoms with van der Waals surface area (Å²) in [5, 5.41) is 7.63. The lowest BCUT2D eigenvalue weighted by Gasteiger charge is -2.29. The molecule has 3 rings (SSSR count). The lowest BCUT2D eigenvalue weighted by atomic mass is 10.0. The molecule has 1 aliphatic heterocycles. The minimum atomic E-state index is -0.663. The maximum absolute atomic E-state index is 13.5. The van der Waals surface area contributed by atoms with E-state index < -0.39 is 18.1 Å². The molecule has 38 heavy (non-hydrogen) atoms. The number of amides is 3. The zero-order chi connectivity index (χ0) is 28.0. The fourth-order valence-corrected chi connectivity index (χ4v) is 4.46. The van der Waals surface area contributed by atoms with Crippen molar-refractivity contribution in [3.8, 4) is 0 Å². The maximum Gasteiger partial charge on any atom is 0.337 e. The molecule has 0 saturated heterocycles. The summed E-state index contributed by atoms with van der Waals surface area (Å²) < 4.78 is 6.50. The third kappa shape index (κ3) is 6.96. The third-order valence-electron chi connectivity index (χ3n) is 6.74. The van der Waals surface area contributed by atoms with Gasteiger partial charge in [-0.15, -0.1) is 0 Å².